The molecule has 176 valence electrons. The minimum absolute atomic E-state index is 0.193. The maximum atomic E-state index is 13.4. The first kappa shape index (κ1) is 22.3. The minimum Gasteiger partial charge on any atom is -0.324 e. The Hall–Kier alpha value is -4.46. The van der Waals surface area contributed by atoms with Gasteiger partial charge in [-0.25, -0.2) is 13.9 Å². The summed E-state index contributed by atoms with van der Waals surface area (Å²) in [5, 5.41) is 7.65. The summed E-state index contributed by atoms with van der Waals surface area (Å²) in [6.45, 7) is 5.93. The Morgan fingerprint density at radius 2 is 1.66 bits per heavy atom. The first-order valence-corrected chi connectivity index (χ1v) is 11.4. The predicted molar refractivity (Wildman–Crippen MR) is 136 cm³/mol. The molecule has 2 heterocycles. The average molecular weight is 468 g/mol. The molecule has 0 aliphatic heterocycles. The standard InChI is InChI=1S/C27H25N5O3/c1-17-8-11-20(12-9-17)15-30-25(34)22-6-4-5-7-23(22)32-26(30)29-31(27(32)35)16-24(33)28-21-13-10-18(2)19(3)14-21/h4-14H,15-16H2,1-3H3,(H,28,33). The van der Waals surface area contributed by atoms with E-state index in [4.69, 9.17) is 0 Å². The molecule has 0 spiro atoms. The molecule has 0 unspecified atom stereocenters. The second-order valence-corrected chi connectivity index (χ2v) is 8.82. The number of nitrogens with zero attached hydrogens (tertiary/aromatic N) is 4. The fourth-order valence-corrected chi connectivity index (χ4v) is 4.14. The van der Waals surface area contributed by atoms with E-state index in [0.29, 0.717) is 16.6 Å². The maximum Gasteiger partial charge on any atom is 0.352 e. The van der Waals surface area contributed by atoms with Crippen molar-refractivity contribution in [3.8, 4) is 0 Å². The number of para-hydroxylation sites is 1. The average Bonchev–Trinajstić information content (AvgIpc) is 3.16. The quantitative estimate of drug-likeness (QED) is 0.429. The van der Waals surface area contributed by atoms with Crippen molar-refractivity contribution in [1.82, 2.24) is 18.7 Å². The molecule has 1 N–H and O–H groups in total. The van der Waals surface area contributed by atoms with Crippen LogP contribution in [0.3, 0.4) is 0 Å². The lowest BCUT2D eigenvalue weighted by Gasteiger charge is -2.10. The molecule has 0 bridgehead atoms. The number of hydrogen-bond donors (Lipinski definition) is 1. The summed E-state index contributed by atoms with van der Waals surface area (Å²) in [6.07, 6.45) is 0. The van der Waals surface area contributed by atoms with Gasteiger partial charge in [0.2, 0.25) is 11.7 Å². The van der Waals surface area contributed by atoms with Gasteiger partial charge in [-0.1, -0.05) is 48.0 Å². The molecule has 0 aliphatic carbocycles. The SMILES string of the molecule is Cc1ccc(Cn2c(=O)c3ccccc3n3c(=O)n(CC(=O)Nc4ccc(C)c(C)c4)nc23)cc1. The summed E-state index contributed by atoms with van der Waals surface area (Å²) in [5.41, 5.74) is 4.58. The Kier molecular flexibility index (Phi) is 5.56. The van der Waals surface area contributed by atoms with E-state index in [9.17, 15) is 14.4 Å². The Bertz CT molecular complexity index is 1710. The number of carbonyl (C=O) groups is 1. The van der Waals surface area contributed by atoms with Gasteiger partial charge in [-0.15, -0.1) is 5.10 Å². The number of nitrogens with one attached hydrogen (secondary N) is 1. The Balaban J connectivity index is 1.59. The van der Waals surface area contributed by atoms with E-state index in [1.54, 1.807) is 24.3 Å². The van der Waals surface area contributed by atoms with E-state index in [1.165, 1.54) is 8.97 Å². The second kappa shape index (κ2) is 8.72. The summed E-state index contributed by atoms with van der Waals surface area (Å²) in [5.74, 6) is -0.186. The van der Waals surface area contributed by atoms with Crippen LogP contribution in [0.5, 0.6) is 0 Å². The topological polar surface area (TPSA) is 90.4 Å². The largest absolute Gasteiger partial charge is 0.352 e. The number of carbonyl (C=O) groups excluding carboxylic acids is 1. The van der Waals surface area contributed by atoms with Crippen LogP contribution < -0.4 is 16.6 Å². The third-order valence-corrected chi connectivity index (χ3v) is 6.23. The molecular weight excluding hydrogens is 442 g/mol. The van der Waals surface area contributed by atoms with Crippen LogP contribution in [0.15, 0.2) is 76.3 Å². The number of rotatable bonds is 5. The van der Waals surface area contributed by atoms with Crippen molar-refractivity contribution in [2.24, 2.45) is 0 Å². The third-order valence-electron chi connectivity index (χ3n) is 6.23. The van der Waals surface area contributed by atoms with Gasteiger partial charge < -0.3 is 5.32 Å². The van der Waals surface area contributed by atoms with Crippen molar-refractivity contribution in [3.63, 3.8) is 0 Å². The van der Waals surface area contributed by atoms with Crippen LogP contribution >= 0.6 is 0 Å². The molecule has 1 amide bonds. The van der Waals surface area contributed by atoms with E-state index in [1.807, 2.05) is 63.2 Å². The van der Waals surface area contributed by atoms with Gasteiger partial charge in [0.1, 0.15) is 6.54 Å². The van der Waals surface area contributed by atoms with Crippen molar-refractivity contribution in [2.45, 2.75) is 33.9 Å². The molecule has 35 heavy (non-hydrogen) atoms. The molecule has 0 saturated carbocycles. The van der Waals surface area contributed by atoms with Crippen molar-refractivity contribution < 1.29 is 4.79 Å². The van der Waals surface area contributed by atoms with Crippen LogP contribution in [0.4, 0.5) is 5.69 Å². The fraction of sp³-hybridized carbons (Fsp3) is 0.185. The zero-order valence-corrected chi connectivity index (χ0v) is 19.8. The van der Waals surface area contributed by atoms with Gasteiger partial charge in [0.25, 0.3) is 5.56 Å². The Morgan fingerprint density at radius 3 is 2.40 bits per heavy atom. The Morgan fingerprint density at radius 1 is 0.914 bits per heavy atom. The highest BCUT2D eigenvalue weighted by Gasteiger charge is 2.19. The first-order valence-electron chi connectivity index (χ1n) is 11.4. The summed E-state index contributed by atoms with van der Waals surface area (Å²) in [7, 11) is 0. The van der Waals surface area contributed by atoms with Crippen molar-refractivity contribution in [1.29, 1.82) is 0 Å². The molecule has 3 aromatic carbocycles. The van der Waals surface area contributed by atoms with Gasteiger partial charge in [0.15, 0.2) is 0 Å². The van der Waals surface area contributed by atoms with Crippen LogP contribution in [-0.4, -0.2) is 24.7 Å². The van der Waals surface area contributed by atoms with Crippen molar-refractivity contribution in [3.05, 3.63) is 110 Å². The molecule has 0 radical (unpaired) electrons. The van der Waals surface area contributed by atoms with E-state index in [0.717, 1.165) is 26.9 Å². The van der Waals surface area contributed by atoms with Crippen LogP contribution in [0.1, 0.15) is 22.3 Å². The van der Waals surface area contributed by atoms with Gasteiger partial charge in [-0.2, -0.15) is 0 Å². The lowest BCUT2D eigenvalue weighted by atomic mass is 10.1. The molecule has 0 saturated heterocycles. The van der Waals surface area contributed by atoms with Crippen LogP contribution in [0.2, 0.25) is 0 Å². The molecule has 2 aromatic heterocycles. The lowest BCUT2D eigenvalue weighted by molar-refractivity contribution is -0.117. The summed E-state index contributed by atoms with van der Waals surface area (Å²) >= 11 is 0. The molecule has 0 atom stereocenters. The zero-order valence-electron chi connectivity index (χ0n) is 19.8. The van der Waals surface area contributed by atoms with Crippen LogP contribution in [0, 0.1) is 20.8 Å². The van der Waals surface area contributed by atoms with Crippen LogP contribution in [0.25, 0.3) is 16.7 Å². The normalized spacial score (nSPS) is 11.3. The summed E-state index contributed by atoms with van der Waals surface area (Å²) < 4.78 is 3.98. The molecule has 5 aromatic rings. The molecule has 8 nitrogen and oxygen atoms in total. The zero-order chi connectivity index (χ0) is 24.7. The maximum absolute atomic E-state index is 13.4. The highest BCUT2D eigenvalue weighted by atomic mass is 16.2. The van der Waals surface area contributed by atoms with Gasteiger partial charge in [0.05, 0.1) is 17.4 Å². The number of benzene rings is 3. The van der Waals surface area contributed by atoms with Gasteiger partial charge in [0, 0.05) is 5.69 Å². The lowest BCUT2D eigenvalue weighted by Crippen LogP contribution is -2.29. The third kappa shape index (κ3) is 4.14. The van der Waals surface area contributed by atoms with Gasteiger partial charge in [-0.05, 0) is 61.7 Å². The number of hydrogen-bond acceptors (Lipinski definition) is 4. The number of fused-ring (bicyclic) bond motifs is 3. The highest BCUT2D eigenvalue weighted by molar-refractivity contribution is 5.90. The Labute approximate surface area is 201 Å². The monoisotopic (exact) mass is 467 g/mol. The minimum atomic E-state index is -0.482. The smallest absolute Gasteiger partial charge is 0.324 e. The van der Waals surface area contributed by atoms with E-state index >= 15 is 0 Å². The number of anilines is 1. The summed E-state index contributed by atoms with van der Waals surface area (Å²) in [6, 6.07) is 20.4. The first-order chi connectivity index (χ1) is 16.8. The van der Waals surface area contributed by atoms with E-state index in [2.05, 4.69) is 10.4 Å². The predicted octanol–water partition coefficient (Wildman–Crippen LogP) is 3.42. The van der Waals surface area contributed by atoms with Crippen LogP contribution in [-0.2, 0) is 17.9 Å². The van der Waals surface area contributed by atoms with Crippen molar-refractivity contribution >= 4 is 28.3 Å². The second-order valence-electron chi connectivity index (χ2n) is 8.82. The molecule has 0 aliphatic rings. The van der Waals surface area contributed by atoms with Gasteiger partial charge in [-0.3, -0.25) is 14.2 Å². The molecule has 0 fully saturated rings. The van der Waals surface area contributed by atoms with Gasteiger partial charge >= 0.3 is 5.69 Å². The number of aromatic nitrogens is 4. The number of amides is 1. The molecule has 5 rings (SSSR count). The highest BCUT2D eigenvalue weighted by Crippen LogP contribution is 2.15. The van der Waals surface area contributed by atoms with E-state index < -0.39 is 5.69 Å². The number of aryl methyl sites for hydroxylation is 3. The fourth-order valence-electron chi connectivity index (χ4n) is 4.14. The molecule has 8 heteroatoms. The summed E-state index contributed by atoms with van der Waals surface area (Å²) in [4.78, 5) is 39.5. The van der Waals surface area contributed by atoms with E-state index in [-0.39, 0.29) is 30.3 Å². The van der Waals surface area contributed by atoms with Crippen molar-refractivity contribution in [2.75, 3.05) is 5.32 Å². The molecular formula is C27H25N5O3.